The number of fused-ring (bicyclic) bond motifs is 2. The number of ether oxygens (including phenoxy) is 2. The Labute approximate surface area is 277 Å². The van der Waals surface area contributed by atoms with Crippen LogP contribution in [0.15, 0.2) is 73.4 Å². The molecular formula is C36H36FN7O4. The first-order chi connectivity index (χ1) is 22.6. The van der Waals surface area contributed by atoms with E-state index in [4.69, 9.17) is 14.6 Å². The van der Waals surface area contributed by atoms with Crippen molar-refractivity contribution in [2.75, 3.05) is 19.0 Å². The molecule has 0 N–H and O–H groups in total. The molecule has 0 atom stereocenters. The Morgan fingerprint density at radius 2 is 1.48 bits per heavy atom. The summed E-state index contributed by atoms with van der Waals surface area (Å²) in [6, 6.07) is 11.7. The van der Waals surface area contributed by atoms with Crippen molar-refractivity contribution in [3.05, 3.63) is 79.3 Å². The second-order valence-electron chi connectivity index (χ2n) is 13.6. The molecular weight excluding hydrogens is 613 g/mol. The number of hydrogen-bond acceptors (Lipinski definition) is 9. The zero-order valence-electron chi connectivity index (χ0n) is 28.1. The van der Waals surface area contributed by atoms with Gasteiger partial charge in [0.2, 0.25) is 0 Å². The molecule has 5 heterocycles. The fourth-order valence-corrected chi connectivity index (χ4v) is 5.30. The van der Waals surface area contributed by atoms with Crippen molar-refractivity contribution in [3.63, 3.8) is 0 Å². The van der Waals surface area contributed by atoms with Crippen LogP contribution in [0.5, 0.6) is 0 Å². The summed E-state index contributed by atoms with van der Waals surface area (Å²) >= 11 is 0. The summed E-state index contributed by atoms with van der Waals surface area (Å²) in [7, 11) is 3.84. The Bertz CT molecular complexity index is 2210. The summed E-state index contributed by atoms with van der Waals surface area (Å²) in [5.74, 6) is -0.411. The largest absolute Gasteiger partial charge is 0.443 e. The van der Waals surface area contributed by atoms with Crippen LogP contribution < -0.4 is 4.90 Å². The van der Waals surface area contributed by atoms with E-state index in [1.54, 1.807) is 96.8 Å². The van der Waals surface area contributed by atoms with Crippen LogP contribution in [0.4, 0.5) is 19.7 Å². The molecule has 1 aromatic carbocycles. The van der Waals surface area contributed by atoms with Crippen LogP contribution >= 0.6 is 0 Å². The van der Waals surface area contributed by atoms with Crippen molar-refractivity contribution >= 4 is 39.7 Å². The fraction of sp³-hybridized carbons (Fsp3) is 0.278. The lowest BCUT2D eigenvalue weighted by Gasteiger charge is -2.20. The van der Waals surface area contributed by atoms with Gasteiger partial charge in [-0.2, -0.15) is 9.78 Å². The number of anilines is 1. The predicted octanol–water partition coefficient (Wildman–Crippen LogP) is 7.95. The average molecular weight is 650 g/mol. The van der Waals surface area contributed by atoms with Crippen molar-refractivity contribution < 1.29 is 23.5 Å². The van der Waals surface area contributed by atoms with E-state index in [9.17, 15) is 14.0 Å². The van der Waals surface area contributed by atoms with Gasteiger partial charge >= 0.3 is 12.2 Å². The van der Waals surface area contributed by atoms with Crippen LogP contribution in [-0.4, -0.2) is 66.8 Å². The number of pyridine rings is 3. The highest BCUT2D eigenvalue weighted by Crippen LogP contribution is 2.38. The highest BCUT2D eigenvalue weighted by molar-refractivity contribution is 6.06. The van der Waals surface area contributed by atoms with Crippen LogP contribution in [0.25, 0.3) is 55.6 Å². The maximum atomic E-state index is 14.4. The van der Waals surface area contributed by atoms with Crippen molar-refractivity contribution in [2.45, 2.75) is 52.7 Å². The van der Waals surface area contributed by atoms with Gasteiger partial charge in [0.05, 0.1) is 46.7 Å². The molecule has 48 heavy (non-hydrogen) atoms. The minimum Gasteiger partial charge on any atom is -0.443 e. The molecule has 11 nitrogen and oxygen atoms in total. The smallest absolute Gasteiger partial charge is 0.435 e. The van der Waals surface area contributed by atoms with Gasteiger partial charge in [0.15, 0.2) is 0 Å². The third-order valence-corrected chi connectivity index (χ3v) is 7.35. The van der Waals surface area contributed by atoms with Gasteiger partial charge in [0.1, 0.15) is 22.7 Å². The molecule has 0 spiro atoms. The first kappa shape index (κ1) is 32.3. The standard InChI is InChI=1S/C36H36FN7O4/c1-35(2,3)47-33(45)43-29(15-25-27(18-39-19-30(25)43)21-10-9-11-23(37)12-21)32-26-14-28(22-13-24(42(7)8)17-38-16-22)40-20-31(26)44(41-32)34(46)48-36(4,5)6/h9-20H,1-8H3. The van der Waals surface area contributed by atoms with Crippen LogP contribution in [0.2, 0.25) is 0 Å². The molecule has 0 bridgehead atoms. The molecule has 0 aliphatic carbocycles. The first-order valence-electron chi connectivity index (χ1n) is 15.3. The lowest BCUT2D eigenvalue weighted by molar-refractivity contribution is 0.0520. The number of nitrogens with zero attached hydrogens (tertiary/aromatic N) is 7. The van der Waals surface area contributed by atoms with E-state index in [1.165, 1.54) is 16.7 Å². The Kier molecular flexibility index (Phi) is 7.98. The minimum atomic E-state index is -0.835. The predicted molar refractivity (Wildman–Crippen MR) is 182 cm³/mol. The van der Waals surface area contributed by atoms with Crippen molar-refractivity contribution in [2.24, 2.45) is 0 Å². The maximum Gasteiger partial charge on any atom is 0.435 e. The summed E-state index contributed by atoms with van der Waals surface area (Å²) in [5, 5.41) is 5.87. The molecule has 12 heteroatoms. The number of halogens is 1. The van der Waals surface area contributed by atoms with Gasteiger partial charge in [-0.1, -0.05) is 12.1 Å². The molecule has 0 saturated carbocycles. The Balaban J connectivity index is 1.66. The quantitative estimate of drug-likeness (QED) is 0.188. The molecule has 0 amide bonds. The molecule has 6 rings (SSSR count). The second-order valence-corrected chi connectivity index (χ2v) is 13.6. The lowest BCUT2D eigenvalue weighted by Crippen LogP contribution is -2.28. The van der Waals surface area contributed by atoms with Gasteiger partial charge < -0.3 is 14.4 Å². The second kappa shape index (κ2) is 11.9. The summed E-state index contributed by atoms with van der Waals surface area (Å²) in [5.41, 5.74) is 3.12. The summed E-state index contributed by atoms with van der Waals surface area (Å²) in [4.78, 5) is 42.9. The van der Waals surface area contributed by atoms with Gasteiger partial charge in [-0.05, 0) is 77.4 Å². The van der Waals surface area contributed by atoms with Crippen LogP contribution in [0, 0.1) is 5.82 Å². The molecule has 0 aliphatic heterocycles. The van der Waals surface area contributed by atoms with Crippen molar-refractivity contribution in [3.8, 4) is 33.8 Å². The number of benzene rings is 1. The van der Waals surface area contributed by atoms with Crippen LogP contribution in [-0.2, 0) is 9.47 Å². The number of rotatable bonds is 4. The van der Waals surface area contributed by atoms with Gasteiger partial charge in [-0.15, -0.1) is 0 Å². The number of carbonyl (C=O) groups excluding carboxylic acids is 2. The lowest BCUT2D eigenvalue weighted by atomic mass is 10.0. The van der Waals surface area contributed by atoms with Gasteiger partial charge in [0.25, 0.3) is 0 Å². The van der Waals surface area contributed by atoms with E-state index in [0.29, 0.717) is 50.0 Å². The summed E-state index contributed by atoms with van der Waals surface area (Å²) in [6.45, 7) is 10.6. The van der Waals surface area contributed by atoms with Gasteiger partial charge in [0, 0.05) is 48.4 Å². The SMILES string of the molecule is CN(C)c1cncc(-c2cc3c(-c4cc5c(-c6cccc(F)c6)cncc5n4C(=O)OC(C)(C)C)nn(C(=O)OC(C)(C)C)c3cn2)c1. The maximum absolute atomic E-state index is 14.4. The summed E-state index contributed by atoms with van der Waals surface area (Å²) in [6.07, 6.45) is 6.77. The van der Waals surface area contributed by atoms with E-state index in [1.807, 2.05) is 25.1 Å². The topological polar surface area (TPSA) is 117 Å². The third-order valence-electron chi connectivity index (χ3n) is 7.35. The molecule has 0 saturated heterocycles. The highest BCUT2D eigenvalue weighted by Gasteiger charge is 2.29. The van der Waals surface area contributed by atoms with E-state index >= 15 is 0 Å². The molecule has 0 radical (unpaired) electrons. The number of aromatic nitrogens is 6. The molecule has 0 unspecified atom stereocenters. The van der Waals surface area contributed by atoms with Crippen molar-refractivity contribution in [1.29, 1.82) is 0 Å². The highest BCUT2D eigenvalue weighted by atomic mass is 19.1. The first-order valence-corrected chi connectivity index (χ1v) is 15.3. The Hall–Kier alpha value is -5.65. The zero-order valence-corrected chi connectivity index (χ0v) is 28.1. The Morgan fingerprint density at radius 1 is 0.771 bits per heavy atom. The minimum absolute atomic E-state index is 0.295. The monoisotopic (exact) mass is 649 g/mol. The fourth-order valence-electron chi connectivity index (χ4n) is 5.30. The summed E-state index contributed by atoms with van der Waals surface area (Å²) < 4.78 is 28.5. The average Bonchev–Trinajstić information content (AvgIpc) is 3.58. The molecule has 0 aliphatic rings. The van der Waals surface area contributed by atoms with E-state index in [-0.39, 0.29) is 0 Å². The molecule has 0 fully saturated rings. The van der Waals surface area contributed by atoms with Gasteiger partial charge in [-0.25, -0.2) is 18.5 Å². The van der Waals surface area contributed by atoms with Crippen LogP contribution in [0.1, 0.15) is 41.5 Å². The van der Waals surface area contributed by atoms with Gasteiger partial charge in [-0.3, -0.25) is 15.0 Å². The van der Waals surface area contributed by atoms with E-state index in [0.717, 1.165) is 15.9 Å². The molecule has 5 aromatic heterocycles. The Morgan fingerprint density at radius 3 is 2.17 bits per heavy atom. The number of hydrogen-bond donors (Lipinski definition) is 0. The van der Waals surface area contributed by atoms with E-state index in [2.05, 4.69) is 15.0 Å². The van der Waals surface area contributed by atoms with Crippen molar-refractivity contribution in [1.82, 2.24) is 29.3 Å². The zero-order chi connectivity index (χ0) is 34.5. The third kappa shape index (κ3) is 6.33. The normalized spacial score (nSPS) is 12.0. The molecule has 6 aromatic rings. The van der Waals surface area contributed by atoms with E-state index < -0.39 is 29.2 Å². The van der Waals surface area contributed by atoms with Crippen LogP contribution in [0.3, 0.4) is 0 Å². The molecule has 246 valence electrons. The number of carbonyl (C=O) groups is 2.